The third-order valence-corrected chi connectivity index (χ3v) is 9.19. The van der Waals surface area contributed by atoms with Crippen molar-refractivity contribution in [3.8, 4) is 16.9 Å². The molecule has 0 saturated carbocycles. The van der Waals surface area contributed by atoms with Crippen molar-refractivity contribution in [2.75, 3.05) is 52.5 Å². The molecule has 47 heavy (non-hydrogen) atoms. The standard InChI is InChI=1S/C34H41ClF2N5O5/c1-20-18-41(33(44)47-34(3,4)5)21(2)17-40(20)31-25-16-26(35)28(24-9-8-22(36)15-27(24)37)30-29(25)42(32(43)38-31)23(19-46-30)7-6-10-39-11-13-45-14-12-39/h8-9,15-16,20-21H,6-7,10-14,17-19H2,1-5H3/q+1/t20-,21+/m0/s1. The van der Waals surface area contributed by atoms with Crippen LogP contribution in [0.5, 0.6) is 5.75 Å². The fourth-order valence-corrected chi connectivity index (χ4v) is 6.93. The van der Waals surface area contributed by atoms with E-state index in [1.54, 1.807) is 15.5 Å². The van der Waals surface area contributed by atoms with Crippen molar-refractivity contribution in [2.24, 2.45) is 4.99 Å². The molecule has 0 N–H and O–H groups in total. The molecule has 0 bridgehead atoms. The lowest BCUT2D eigenvalue weighted by molar-refractivity contribution is -0.340. The summed E-state index contributed by atoms with van der Waals surface area (Å²) in [5.74, 6) is -0.874. The molecule has 0 unspecified atom stereocenters. The summed E-state index contributed by atoms with van der Waals surface area (Å²) in [7, 11) is 0. The summed E-state index contributed by atoms with van der Waals surface area (Å²) >= 11 is 6.89. The van der Waals surface area contributed by atoms with Crippen LogP contribution in [0.4, 0.5) is 24.1 Å². The molecule has 0 aromatic heterocycles. The quantitative estimate of drug-likeness (QED) is 0.356. The molecule has 6 rings (SSSR count). The highest BCUT2D eigenvalue weighted by molar-refractivity contribution is 6.35. The van der Waals surface area contributed by atoms with Crippen LogP contribution in [0, 0.1) is 11.6 Å². The third kappa shape index (κ3) is 6.73. The van der Waals surface area contributed by atoms with Gasteiger partial charge in [0.05, 0.1) is 23.8 Å². The molecule has 252 valence electrons. The number of benzene rings is 2. The normalized spacial score (nSPS) is 21.8. The van der Waals surface area contributed by atoms with Crippen molar-refractivity contribution in [2.45, 2.75) is 65.1 Å². The maximum atomic E-state index is 15.2. The SMILES string of the molecule is C[C@@H]1CN(C2=NC(=O)[N+]3=C(CCCN4CCOCC4)COc4c(-c5ccc(F)cc5F)c(Cl)cc2c43)[C@@H](C)CN1C(=O)OC(C)(C)C. The number of rotatable bonds is 5. The van der Waals surface area contributed by atoms with Crippen LogP contribution in [0.2, 0.25) is 5.02 Å². The van der Waals surface area contributed by atoms with Gasteiger partial charge in [0.2, 0.25) is 0 Å². The van der Waals surface area contributed by atoms with Gasteiger partial charge in [-0.1, -0.05) is 11.6 Å². The van der Waals surface area contributed by atoms with Crippen molar-refractivity contribution >= 4 is 41.0 Å². The molecule has 13 heteroatoms. The van der Waals surface area contributed by atoms with Crippen LogP contribution in [0.15, 0.2) is 29.3 Å². The molecule has 2 aromatic carbocycles. The Bertz CT molecular complexity index is 1650. The van der Waals surface area contributed by atoms with Crippen LogP contribution in [0.3, 0.4) is 0 Å². The van der Waals surface area contributed by atoms with Gasteiger partial charge in [-0.25, -0.2) is 13.6 Å². The number of carbonyl (C=O) groups is 2. The average molecular weight is 673 g/mol. The van der Waals surface area contributed by atoms with E-state index in [0.29, 0.717) is 49.8 Å². The number of ether oxygens (including phenoxy) is 3. The van der Waals surface area contributed by atoms with Gasteiger partial charge in [-0.15, -0.1) is 0 Å². The number of nitrogens with zero attached hydrogens (tertiary/aromatic N) is 5. The number of carbonyl (C=O) groups excluding carboxylic acids is 2. The molecule has 2 saturated heterocycles. The predicted molar refractivity (Wildman–Crippen MR) is 174 cm³/mol. The van der Waals surface area contributed by atoms with Gasteiger partial charge in [0.1, 0.15) is 29.6 Å². The first-order valence-corrected chi connectivity index (χ1v) is 16.5. The van der Waals surface area contributed by atoms with E-state index in [2.05, 4.69) is 9.89 Å². The maximum absolute atomic E-state index is 15.2. The Hall–Kier alpha value is -3.61. The number of urea groups is 1. The van der Waals surface area contributed by atoms with Crippen LogP contribution in [-0.2, 0) is 9.47 Å². The summed E-state index contributed by atoms with van der Waals surface area (Å²) in [5, 5.41) is 0.176. The zero-order valence-electron chi connectivity index (χ0n) is 27.4. The highest BCUT2D eigenvalue weighted by atomic mass is 35.5. The first-order chi connectivity index (χ1) is 22.3. The molecular weight excluding hydrogens is 632 g/mol. The van der Waals surface area contributed by atoms with Gasteiger partial charge in [0.25, 0.3) is 5.84 Å². The van der Waals surface area contributed by atoms with E-state index in [0.717, 1.165) is 43.9 Å². The second kappa shape index (κ2) is 13.1. The topological polar surface area (TPSA) is 86.9 Å². The number of morpholine rings is 1. The molecule has 4 heterocycles. The molecule has 3 amide bonds. The molecule has 4 aliphatic rings. The Balaban J connectivity index is 1.40. The molecule has 2 fully saturated rings. The van der Waals surface area contributed by atoms with Gasteiger partial charge >= 0.3 is 12.1 Å². The first-order valence-electron chi connectivity index (χ1n) is 16.1. The minimum absolute atomic E-state index is 0.0643. The molecule has 0 spiro atoms. The van der Waals surface area contributed by atoms with Gasteiger partial charge in [-0.3, -0.25) is 4.90 Å². The van der Waals surface area contributed by atoms with Crippen molar-refractivity contribution in [1.29, 1.82) is 0 Å². The van der Waals surface area contributed by atoms with Gasteiger partial charge in [0.15, 0.2) is 11.4 Å². The molecular formula is C34H41ClF2N5O5+. The van der Waals surface area contributed by atoms with Crippen LogP contribution < -0.4 is 4.74 Å². The number of halogens is 3. The van der Waals surface area contributed by atoms with Gasteiger partial charge < -0.3 is 24.0 Å². The smallest absolute Gasteiger partial charge is 0.480 e. The lowest BCUT2D eigenvalue weighted by atomic mass is 9.95. The first kappa shape index (κ1) is 33.3. The van der Waals surface area contributed by atoms with Crippen LogP contribution in [-0.4, -0.2) is 113 Å². The lowest BCUT2D eigenvalue weighted by Gasteiger charge is -2.44. The van der Waals surface area contributed by atoms with E-state index in [9.17, 15) is 14.0 Å². The summed E-state index contributed by atoms with van der Waals surface area (Å²) < 4.78 is 48.2. The monoisotopic (exact) mass is 672 g/mol. The molecule has 0 radical (unpaired) electrons. The minimum atomic E-state index is -0.796. The number of amidine groups is 1. The maximum Gasteiger partial charge on any atom is 0.547 e. The fourth-order valence-electron chi connectivity index (χ4n) is 6.63. The van der Waals surface area contributed by atoms with Crippen LogP contribution >= 0.6 is 11.6 Å². The Morgan fingerprint density at radius 1 is 1.11 bits per heavy atom. The number of aliphatic imine (C=N–C) groups is 1. The number of hydrogen-bond donors (Lipinski definition) is 0. The van der Waals surface area contributed by atoms with E-state index in [1.165, 1.54) is 6.07 Å². The molecule has 4 aliphatic heterocycles. The third-order valence-electron chi connectivity index (χ3n) is 8.89. The zero-order chi connectivity index (χ0) is 33.6. The Morgan fingerprint density at radius 2 is 1.85 bits per heavy atom. The van der Waals surface area contributed by atoms with Crippen LogP contribution in [0.25, 0.3) is 11.1 Å². The van der Waals surface area contributed by atoms with E-state index < -0.39 is 29.4 Å². The second-order valence-electron chi connectivity index (χ2n) is 13.5. The largest absolute Gasteiger partial charge is 0.547 e. The fraction of sp³-hybridized carbons (Fsp3) is 0.529. The lowest BCUT2D eigenvalue weighted by Crippen LogP contribution is -2.60. The Labute approximate surface area is 278 Å². The van der Waals surface area contributed by atoms with Crippen molar-refractivity contribution in [3.05, 3.63) is 46.5 Å². The highest BCUT2D eigenvalue weighted by Crippen LogP contribution is 2.49. The molecule has 2 atom stereocenters. The highest BCUT2D eigenvalue weighted by Gasteiger charge is 2.47. The van der Waals surface area contributed by atoms with E-state index in [4.69, 9.17) is 25.8 Å². The summed E-state index contributed by atoms with van der Waals surface area (Å²) in [4.78, 5) is 37.7. The van der Waals surface area contributed by atoms with E-state index in [-0.39, 0.29) is 40.6 Å². The number of hydrogen-bond acceptors (Lipinski definition) is 7. The van der Waals surface area contributed by atoms with Crippen molar-refractivity contribution in [1.82, 2.24) is 14.7 Å². The summed E-state index contributed by atoms with van der Waals surface area (Å²) in [6, 6.07) is 3.98. The minimum Gasteiger partial charge on any atom is -0.480 e. The van der Waals surface area contributed by atoms with Crippen molar-refractivity contribution in [3.63, 3.8) is 0 Å². The van der Waals surface area contributed by atoms with Crippen LogP contribution in [0.1, 0.15) is 53.0 Å². The summed E-state index contributed by atoms with van der Waals surface area (Å²) in [6.07, 6.45) is 0.968. The Morgan fingerprint density at radius 3 is 2.55 bits per heavy atom. The van der Waals surface area contributed by atoms with E-state index in [1.807, 2.05) is 39.5 Å². The van der Waals surface area contributed by atoms with Crippen molar-refractivity contribution < 1.29 is 37.2 Å². The van der Waals surface area contributed by atoms with Gasteiger partial charge in [-0.2, -0.15) is 9.37 Å². The van der Waals surface area contributed by atoms with E-state index >= 15 is 4.39 Å². The number of amides is 3. The number of piperazine rings is 1. The zero-order valence-corrected chi connectivity index (χ0v) is 28.2. The predicted octanol–water partition coefficient (Wildman–Crippen LogP) is 6.08. The molecule has 10 nitrogen and oxygen atoms in total. The molecule has 0 aliphatic carbocycles. The second-order valence-corrected chi connectivity index (χ2v) is 13.9. The summed E-state index contributed by atoms with van der Waals surface area (Å²) in [6.45, 7) is 14.1. The molecule has 2 aromatic rings. The van der Waals surface area contributed by atoms with Gasteiger partial charge in [-0.05, 0) is 65.8 Å². The summed E-state index contributed by atoms with van der Waals surface area (Å²) in [5.41, 5.74) is 1.40. The average Bonchev–Trinajstić information content (AvgIpc) is 3.00. The Kier molecular flexibility index (Phi) is 9.30. The van der Waals surface area contributed by atoms with Gasteiger partial charge in [0, 0.05) is 66.9 Å².